The fourth-order valence-electron chi connectivity index (χ4n) is 2.38. The van der Waals surface area contributed by atoms with E-state index in [0.29, 0.717) is 19.7 Å². The molecule has 1 unspecified atom stereocenters. The number of nitrogens with one attached hydrogen (secondary N) is 2. The van der Waals surface area contributed by atoms with Crippen molar-refractivity contribution in [3.05, 3.63) is 0 Å². The molecule has 1 rings (SSSR count). The summed E-state index contributed by atoms with van der Waals surface area (Å²) in [4.78, 5) is 0. The smallest absolute Gasteiger partial charge is 0.280 e. The molecule has 0 radical (unpaired) electrons. The van der Waals surface area contributed by atoms with E-state index in [-0.39, 0.29) is 6.04 Å². The first-order valence-corrected chi connectivity index (χ1v) is 8.71. The Kier molecular flexibility index (Phi) is 6.87. The second-order valence-corrected chi connectivity index (χ2v) is 7.94. The highest BCUT2D eigenvalue weighted by atomic mass is 32.2. The molecule has 0 bridgehead atoms. The van der Waals surface area contributed by atoms with Gasteiger partial charge in [-0.2, -0.15) is 17.4 Å². The lowest BCUT2D eigenvalue weighted by Gasteiger charge is -2.36. The van der Waals surface area contributed by atoms with Crippen molar-refractivity contribution in [2.45, 2.75) is 51.6 Å². The molecule has 7 heteroatoms. The van der Waals surface area contributed by atoms with Crippen molar-refractivity contribution < 1.29 is 13.2 Å². The van der Waals surface area contributed by atoms with Crippen LogP contribution in [0.25, 0.3) is 0 Å². The average Bonchev–Trinajstić information content (AvgIpc) is 2.32. The molecule has 20 heavy (non-hydrogen) atoms. The SMILES string of the molecule is COCCNCC1CCCCN1S(=O)(=O)NC(C)(C)C. The normalized spacial score (nSPS) is 22.1. The first-order valence-electron chi connectivity index (χ1n) is 7.26. The van der Waals surface area contributed by atoms with E-state index < -0.39 is 15.7 Å². The van der Waals surface area contributed by atoms with Crippen molar-refractivity contribution in [2.75, 3.05) is 33.4 Å². The van der Waals surface area contributed by atoms with Gasteiger partial charge in [0.1, 0.15) is 0 Å². The van der Waals surface area contributed by atoms with Crippen molar-refractivity contribution in [1.29, 1.82) is 0 Å². The summed E-state index contributed by atoms with van der Waals surface area (Å²) in [6.07, 6.45) is 2.92. The van der Waals surface area contributed by atoms with Crippen LogP contribution < -0.4 is 10.0 Å². The van der Waals surface area contributed by atoms with E-state index in [2.05, 4.69) is 10.0 Å². The maximum Gasteiger partial charge on any atom is 0.280 e. The van der Waals surface area contributed by atoms with Gasteiger partial charge in [0.05, 0.1) is 6.61 Å². The van der Waals surface area contributed by atoms with Gasteiger partial charge in [-0.15, -0.1) is 0 Å². The van der Waals surface area contributed by atoms with Gasteiger partial charge in [0.2, 0.25) is 0 Å². The summed E-state index contributed by atoms with van der Waals surface area (Å²) in [5.41, 5.74) is -0.454. The zero-order chi connectivity index (χ0) is 15.2. The van der Waals surface area contributed by atoms with E-state index in [1.165, 1.54) is 0 Å². The Labute approximate surface area is 123 Å². The van der Waals surface area contributed by atoms with Crippen LogP contribution in [-0.2, 0) is 14.9 Å². The molecule has 1 heterocycles. The maximum atomic E-state index is 12.5. The van der Waals surface area contributed by atoms with Gasteiger partial charge in [-0.25, -0.2) is 0 Å². The first kappa shape index (κ1) is 17.8. The molecule has 0 amide bonds. The van der Waals surface area contributed by atoms with Gasteiger partial charge in [-0.1, -0.05) is 6.42 Å². The molecule has 0 aliphatic carbocycles. The van der Waals surface area contributed by atoms with Gasteiger partial charge in [-0.3, -0.25) is 0 Å². The maximum absolute atomic E-state index is 12.5. The lowest BCUT2D eigenvalue weighted by molar-refractivity contribution is 0.191. The van der Waals surface area contributed by atoms with Crippen molar-refractivity contribution in [1.82, 2.24) is 14.3 Å². The second-order valence-electron chi connectivity index (χ2n) is 6.31. The Morgan fingerprint density at radius 2 is 2.00 bits per heavy atom. The predicted molar refractivity (Wildman–Crippen MR) is 80.9 cm³/mol. The van der Waals surface area contributed by atoms with E-state index in [0.717, 1.165) is 25.8 Å². The quantitative estimate of drug-likeness (QED) is 0.680. The summed E-state index contributed by atoms with van der Waals surface area (Å²) in [5, 5.41) is 3.26. The summed E-state index contributed by atoms with van der Waals surface area (Å²) >= 11 is 0. The molecule has 2 N–H and O–H groups in total. The van der Waals surface area contributed by atoms with E-state index >= 15 is 0 Å². The van der Waals surface area contributed by atoms with E-state index in [1.54, 1.807) is 11.4 Å². The number of ether oxygens (including phenoxy) is 1. The summed E-state index contributed by atoms with van der Waals surface area (Å²) in [6.45, 7) is 8.24. The fraction of sp³-hybridized carbons (Fsp3) is 1.00. The Bertz CT molecular complexity index is 379. The molecule has 0 spiro atoms. The third kappa shape index (κ3) is 6.05. The van der Waals surface area contributed by atoms with Crippen LogP contribution in [0, 0.1) is 0 Å². The van der Waals surface area contributed by atoms with Crippen LogP contribution in [0.3, 0.4) is 0 Å². The summed E-state index contributed by atoms with van der Waals surface area (Å²) in [5.74, 6) is 0. The number of rotatable bonds is 7. The average molecular weight is 307 g/mol. The Hall–Kier alpha value is -0.210. The monoisotopic (exact) mass is 307 g/mol. The minimum atomic E-state index is -3.42. The second kappa shape index (κ2) is 7.70. The van der Waals surface area contributed by atoms with Gasteiger partial charge in [0.15, 0.2) is 0 Å². The van der Waals surface area contributed by atoms with E-state index in [9.17, 15) is 8.42 Å². The van der Waals surface area contributed by atoms with Crippen LogP contribution in [0.15, 0.2) is 0 Å². The zero-order valence-electron chi connectivity index (χ0n) is 13.1. The minimum Gasteiger partial charge on any atom is -0.383 e. The number of nitrogens with zero attached hydrogens (tertiary/aromatic N) is 1. The largest absolute Gasteiger partial charge is 0.383 e. The van der Waals surface area contributed by atoms with Crippen LogP contribution in [0.2, 0.25) is 0 Å². The van der Waals surface area contributed by atoms with Gasteiger partial charge < -0.3 is 10.1 Å². The Morgan fingerprint density at radius 1 is 1.30 bits per heavy atom. The first-order chi connectivity index (χ1) is 9.26. The molecule has 0 saturated carbocycles. The molecule has 1 atom stereocenters. The number of piperidine rings is 1. The Balaban J connectivity index is 2.63. The highest BCUT2D eigenvalue weighted by Gasteiger charge is 2.34. The van der Waals surface area contributed by atoms with Crippen molar-refractivity contribution in [2.24, 2.45) is 0 Å². The third-order valence-electron chi connectivity index (χ3n) is 3.18. The molecular formula is C13H29N3O3S. The summed E-state index contributed by atoms with van der Waals surface area (Å²) < 4.78 is 34.3. The zero-order valence-corrected chi connectivity index (χ0v) is 13.9. The molecule has 0 aromatic rings. The standard InChI is InChI=1S/C13H29N3O3S/c1-13(2,3)15-20(17,18)16-9-6-5-7-12(16)11-14-8-10-19-4/h12,14-15H,5-11H2,1-4H3. The minimum absolute atomic E-state index is 0.0282. The highest BCUT2D eigenvalue weighted by molar-refractivity contribution is 7.87. The van der Waals surface area contributed by atoms with Crippen LogP contribution in [-0.4, -0.2) is 57.7 Å². The number of hydrogen-bond acceptors (Lipinski definition) is 4. The molecule has 1 fully saturated rings. The van der Waals surface area contributed by atoms with Gasteiger partial charge in [0.25, 0.3) is 10.2 Å². The van der Waals surface area contributed by atoms with E-state index in [1.807, 2.05) is 20.8 Å². The van der Waals surface area contributed by atoms with Crippen LogP contribution in [0.5, 0.6) is 0 Å². The third-order valence-corrected chi connectivity index (χ3v) is 5.15. The summed E-state index contributed by atoms with van der Waals surface area (Å²) in [6, 6.07) is 0.0282. The lowest BCUT2D eigenvalue weighted by atomic mass is 10.1. The van der Waals surface area contributed by atoms with Crippen molar-refractivity contribution in [3.63, 3.8) is 0 Å². The highest BCUT2D eigenvalue weighted by Crippen LogP contribution is 2.20. The summed E-state index contributed by atoms with van der Waals surface area (Å²) in [7, 11) is -1.76. The Morgan fingerprint density at radius 3 is 2.60 bits per heavy atom. The molecule has 1 aliphatic rings. The lowest BCUT2D eigenvalue weighted by Crippen LogP contribution is -2.56. The van der Waals surface area contributed by atoms with Crippen molar-refractivity contribution >= 4 is 10.2 Å². The molecule has 1 saturated heterocycles. The van der Waals surface area contributed by atoms with Gasteiger partial charge >= 0.3 is 0 Å². The fourth-order valence-corrected chi connectivity index (χ4v) is 4.22. The van der Waals surface area contributed by atoms with Gasteiger partial charge in [0, 0.05) is 38.3 Å². The van der Waals surface area contributed by atoms with Crippen LogP contribution in [0.4, 0.5) is 0 Å². The van der Waals surface area contributed by atoms with Crippen LogP contribution >= 0.6 is 0 Å². The van der Waals surface area contributed by atoms with E-state index in [4.69, 9.17) is 4.74 Å². The topological polar surface area (TPSA) is 70.7 Å². The van der Waals surface area contributed by atoms with Gasteiger partial charge in [-0.05, 0) is 33.6 Å². The molecule has 6 nitrogen and oxygen atoms in total. The molecular weight excluding hydrogens is 278 g/mol. The molecule has 0 aromatic carbocycles. The predicted octanol–water partition coefficient (Wildman–Crippen LogP) is 0.710. The number of hydrogen-bond donors (Lipinski definition) is 2. The molecule has 120 valence electrons. The molecule has 0 aromatic heterocycles. The van der Waals surface area contributed by atoms with Crippen LogP contribution in [0.1, 0.15) is 40.0 Å². The number of methoxy groups -OCH3 is 1. The van der Waals surface area contributed by atoms with Crippen molar-refractivity contribution in [3.8, 4) is 0 Å². The molecule has 1 aliphatic heterocycles.